The van der Waals surface area contributed by atoms with Gasteiger partial charge < -0.3 is 14.4 Å². The van der Waals surface area contributed by atoms with Crippen molar-refractivity contribution in [1.82, 2.24) is 15.0 Å². The molecule has 0 radical (unpaired) electrons. The second-order valence-corrected chi connectivity index (χ2v) is 6.17. The lowest BCUT2D eigenvalue weighted by Crippen LogP contribution is -2.25. The first-order valence-corrected chi connectivity index (χ1v) is 8.08. The maximum Gasteiger partial charge on any atom is 0.257 e. The molecule has 1 N–H and O–H groups in total. The molecule has 1 aromatic carbocycles. The fourth-order valence-corrected chi connectivity index (χ4v) is 2.89. The van der Waals surface area contributed by atoms with Crippen LogP contribution in [0.3, 0.4) is 0 Å². The van der Waals surface area contributed by atoms with Crippen LogP contribution in [-0.4, -0.2) is 15.6 Å². The Hall–Kier alpha value is -2.60. The molecular weight excluding hydrogens is 345 g/mol. The molecule has 1 amide bonds. The smallest absolute Gasteiger partial charge is 0.257 e. The number of nitrogens with one attached hydrogen (secondary N) is 1. The van der Waals surface area contributed by atoms with E-state index in [1.54, 1.807) is 13.0 Å². The Morgan fingerprint density at radius 2 is 2.08 bits per heavy atom. The highest BCUT2D eigenvalue weighted by Gasteiger charge is 2.25. The first-order chi connectivity index (χ1) is 11.9. The molecule has 0 unspecified atom stereocenters. The average Bonchev–Trinajstić information content (AvgIpc) is 3.09. The highest BCUT2D eigenvalue weighted by atomic mass is 35.5. The van der Waals surface area contributed by atoms with Crippen molar-refractivity contribution < 1.29 is 13.7 Å². The molecule has 0 fully saturated rings. The second-order valence-electron chi connectivity index (χ2n) is 5.77. The third kappa shape index (κ3) is 3.17. The standard InChI is InChI=1S/C18H17ClFN3O2/c1-10-7-8-12(23(10)3)9-21-18(24)15-11(2)25-22-17(15)16-13(19)5-4-6-14(16)20/h4-8H,9H2,1-3H3,(H,21,24). The zero-order valence-electron chi connectivity index (χ0n) is 14.1. The van der Waals surface area contributed by atoms with Crippen LogP contribution in [0, 0.1) is 19.7 Å². The van der Waals surface area contributed by atoms with Crippen molar-refractivity contribution >= 4 is 17.5 Å². The fraction of sp³-hybridized carbons (Fsp3) is 0.222. The van der Waals surface area contributed by atoms with Gasteiger partial charge in [-0.3, -0.25) is 4.79 Å². The lowest BCUT2D eigenvalue weighted by molar-refractivity contribution is 0.0949. The van der Waals surface area contributed by atoms with Gasteiger partial charge in [0, 0.05) is 18.4 Å². The maximum absolute atomic E-state index is 14.2. The number of carbonyl (C=O) groups is 1. The summed E-state index contributed by atoms with van der Waals surface area (Å²) in [5, 5.41) is 6.83. The van der Waals surface area contributed by atoms with Gasteiger partial charge in [-0.15, -0.1) is 0 Å². The van der Waals surface area contributed by atoms with E-state index in [9.17, 15) is 9.18 Å². The molecule has 0 aliphatic rings. The number of nitrogens with zero attached hydrogens (tertiary/aromatic N) is 2. The predicted molar refractivity (Wildman–Crippen MR) is 93.0 cm³/mol. The summed E-state index contributed by atoms with van der Waals surface area (Å²) >= 11 is 6.09. The van der Waals surface area contributed by atoms with Crippen LogP contribution in [0.15, 0.2) is 34.9 Å². The number of aryl methyl sites for hydroxylation is 2. The molecule has 7 heteroatoms. The van der Waals surface area contributed by atoms with E-state index in [0.29, 0.717) is 12.3 Å². The summed E-state index contributed by atoms with van der Waals surface area (Å²) in [5.41, 5.74) is 2.37. The summed E-state index contributed by atoms with van der Waals surface area (Å²) < 4.78 is 21.3. The van der Waals surface area contributed by atoms with Gasteiger partial charge in [0.2, 0.25) is 0 Å². The molecule has 5 nitrogen and oxygen atoms in total. The number of hydrogen-bond acceptors (Lipinski definition) is 3. The zero-order valence-corrected chi connectivity index (χ0v) is 14.8. The topological polar surface area (TPSA) is 60.1 Å². The van der Waals surface area contributed by atoms with Gasteiger partial charge in [-0.1, -0.05) is 22.8 Å². The van der Waals surface area contributed by atoms with Gasteiger partial charge in [-0.05, 0) is 38.1 Å². The summed E-state index contributed by atoms with van der Waals surface area (Å²) in [7, 11) is 1.92. The van der Waals surface area contributed by atoms with Crippen LogP contribution >= 0.6 is 11.6 Å². The minimum Gasteiger partial charge on any atom is -0.360 e. The number of amides is 1. The van der Waals surface area contributed by atoms with Gasteiger partial charge in [0.25, 0.3) is 5.91 Å². The molecule has 25 heavy (non-hydrogen) atoms. The minimum atomic E-state index is -0.562. The maximum atomic E-state index is 14.2. The van der Waals surface area contributed by atoms with E-state index >= 15 is 0 Å². The highest BCUT2D eigenvalue weighted by molar-refractivity contribution is 6.33. The van der Waals surface area contributed by atoms with E-state index in [4.69, 9.17) is 16.1 Å². The summed E-state index contributed by atoms with van der Waals surface area (Å²) in [6.07, 6.45) is 0. The van der Waals surface area contributed by atoms with E-state index in [1.807, 2.05) is 30.7 Å². The van der Waals surface area contributed by atoms with Crippen molar-refractivity contribution in [2.45, 2.75) is 20.4 Å². The number of rotatable bonds is 4. The molecular formula is C18H17ClFN3O2. The molecule has 3 aromatic rings. The molecule has 0 spiro atoms. The zero-order chi connectivity index (χ0) is 18.1. The number of aromatic nitrogens is 2. The summed E-state index contributed by atoms with van der Waals surface area (Å²) in [4.78, 5) is 12.6. The van der Waals surface area contributed by atoms with Crippen molar-refractivity contribution in [3.63, 3.8) is 0 Å². The van der Waals surface area contributed by atoms with E-state index in [-0.39, 0.29) is 21.8 Å². The monoisotopic (exact) mass is 361 g/mol. The van der Waals surface area contributed by atoms with Gasteiger partial charge in [0.15, 0.2) is 0 Å². The van der Waals surface area contributed by atoms with Crippen LogP contribution in [0.2, 0.25) is 5.02 Å². The number of benzene rings is 1. The molecule has 0 atom stereocenters. The Morgan fingerprint density at radius 3 is 2.72 bits per heavy atom. The van der Waals surface area contributed by atoms with Crippen LogP contribution in [0.4, 0.5) is 4.39 Å². The number of carbonyl (C=O) groups excluding carboxylic acids is 1. The van der Waals surface area contributed by atoms with Crippen molar-refractivity contribution in [2.24, 2.45) is 7.05 Å². The fourth-order valence-electron chi connectivity index (χ4n) is 2.64. The predicted octanol–water partition coefficient (Wildman–Crippen LogP) is 4.02. The number of halogens is 2. The Balaban J connectivity index is 1.91. The molecule has 0 bridgehead atoms. The molecule has 0 saturated carbocycles. The van der Waals surface area contributed by atoms with Crippen LogP contribution in [-0.2, 0) is 13.6 Å². The van der Waals surface area contributed by atoms with E-state index < -0.39 is 11.7 Å². The molecule has 0 aliphatic carbocycles. The lowest BCUT2D eigenvalue weighted by Gasteiger charge is -2.09. The Bertz CT molecular complexity index is 926. The summed E-state index contributed by atoms with van der Waals surface area (Å²) in [6, 6.07) is 8.20. The summed E-state index contributed by atoms with van der Waals surface area (Å²) in [6.45, 7) is 3.92. The van der Waals surface area contributed by atoms with Crippen molar-refractivity contribution in [1.29, 1.82) is 0 Å². The van der Waals surface area contributed by atoms with Crippen LogP contribution in [0.5, 0.6) is 0 Å². The van der Waals surface area contributed by atoms with Gasteiger partial charge in [-0.25, -0.2) is 4.39 Å². The minimum absolute atomic E-state index is 0.0564. The van der Waals surface area contributed by atoms with Crippen LogP contribution in [0.1, 0.15) is 27.5 Å². The van der Waals surface area contributed by atoms with Crippen LogP contribution < -0.4 is 5.32 Å². The van der Waals surface area contributed by atoms with Gasteiger partial charge in [-0.2, -0.15) is 0 Å². The van der Waals surface area contributed by atoms with Crippen LogP contribution in [0.25, 0.3) is 11.3 Å². The van der Waals surface area contributed by atoms with E-state index in [2.05, 4.69) is 10.5 Å². The van der Waals surface area contributed by atoms with Gasteiger partial charge in [0.05, 0.1) is 17.1 Å². The number of hydrogen-bond donors (Lipinski definition) is 1. The SMILES string of the molecule is Cc1onc(-c2c(F)cccc2Cl)c1C(=O)NCc1ccc(C)n1C. The Kier molecular flexibility index (Phi) is 4.63. The van der Waals surface area contributed by atoms with Crippen molar-refractivity contribution in [3.05, 3.63) is 63.9 Å². The molecule has 130 valence electrons. The molecule has 3 rings (SSSR count). The first kappa shape index (κ1) is 17.2. The van der Waals surface area contributed by atoms with Crippen molar-refractivity contribution in [3.8, 4) is 11.3 Å². The van der Waals surface area contributed by atoms with E-state index in [0.717, 1.165) is 11.4 Å². The molecule has 0 saturated heterocycles. The third-order valence-electron chi connectivity index (χ3n) is 4.20. The average molecular weight is 362 g/mol. The molecule has 2 aromatic heterocycles. The normalized spacial score (nSPS) is 10.9. The quantitative estimate of drug-likeness (QED) is 0.763. The Morgan fingerprint density at radius 1 is 1.32 bits per heavy atom. The second kappa shape index (κ2) is 6.72. The summed E-state index contributed by atoms with van der Waals surface area (Å²) in [5.74, 6) is -0.658. The van der Waals surface area contributed by atoms with Crippen molar-refractivity contribution in [2.75, 3.05) is 0 Å². The lowest BCUT2D eigenvalue weighted by atomic mass is 10.0. The third-order valence-corrected chi connectivity index (χ3v) is 4.51. The van der Waals surface area contributed by atoms with Gasteiger partial charge in [0.1, 0.15) is 22.8 Å². The largest absolute Gasteiger partial charge is 0.360 e. The first-order valence-electron chi connectivity index (χ1n) is 7.70. The van der Waals surface area contributed by atoms with E-state index in [1.165, 1.54) is 12.1 Å². The highest BCUT2D eigenvalue weighted by Crippen LogP contribution is 2.33. The van der Waals surface area contributed by atoms with Gasteiger partial charge >= 0.3 is 0 Å². The molecule has 0 aliphatic heterocycles. The molecule has 2 heterocycles. The Labute approximate surface area is 149 Å².